The molecule has 0 aliphatic heterocycles. The minimum absolute atomic E-state index is 0.0651. The van der Waals surface area contributed by atoms with E-state index in [2.05, 4.69) is 4.98 Å². The van der Waals surface area contributed by atoms with Crippen LogP contribution in [0.3, 0.4) is 0 Å². The van der Waals surface area contributed by atoms with E-state index in [4.69, 9.17) is 4.74 Å². The number of aromatic amines is 1. The molecular formula is C31H23NO10. The van der Waals surface area contributed by atoms with E-state index in [9.17, 15) is 44.7 Å². The first-order chi connectivity index (χ1) is 20.0. The zero-order valence-electron chi connectivity index (χ0n) is 22.2. The molecule has 1 heterocycles. The van der Waals surface area contributed by atoms with Crippen LogP contribution in [-0.2, 0) is 16.6 Å². The highest BCUT2D eigenvalue weighted by Crippen LogP contribution is 2.57. The van der Waals surface area contributed by atoms with E-state index in [1.165, 1.54) is 7.11 Å². The highest BCUT2D eigenvalue weighted by atomic mass is 16.5. The largest absolute Gasteiger partial charge is 0.507 e. The van der Waals surface area contributed by atoms with E-state index in [-0.39, 0.29) is 29.5 Å². The van der Waals surface area contributed by atoms with Gasteiger partial charge in [-0.1, -0.05) is 24.3 Å². The molecule has 1 atom stereocenters. The SMILES string of the molecule is C/C=C/C=C/c1cc2cc3c(c(O)c2c(=O)[nH]1)C1(CC3)C(=O)C(=O)c2c(c(O)c3c(O)c(OC)cc(O)c3c2O)C1=O. The van der Waals surface area contributed by atoms with Crippen LogP contribution in [0.2, 0.25) is 0 Å². The lowest BCUT2D eigenvalue weighted by Gasteiger charge is -2.33. The minimum atomic E-state index is -2.32. The number of nitrogens with one attached hydrogen (secondary N) is 1. The Morgan fingerprint density at radius 3 is 2.24 bits per heavy atom. The molecule has 0 bridgehead atoms. The second kappa shape index (κ2) is 8.96. The molecule has 3 aromatic carbocycles. The first kappa shape index (κ1) is 26.6. The van der Waals surface area contributed by atoms with Crippen molar-refractivity contribution in [3.63, 3.8) is 0 Å². The fourth-order valence-corrected chi connectivity index (χ4v) is 6.24. The smallest absolute Gasteiger partial charge is 0.260 e. The van der Waals surface area contributed by atoms with Crippen LogP contribution >= 0.6 is 0 Å². The van der Waals surface area contributed by atoms with Crippen molar-refractivity contribution in [3.8, 4) is 34.5 Å². The van der Waals surface area contributed by atoms with Gasteiger partial charge in [-0.15, -0.1) is 0 Å². The molecule has 2 aliphatic carbocycles. The molecule has 0 radical (unpaired) electrons. The molecule has 42 heavy (non-hydrogen) atoms. The van der Waals surface area contributed by atoms with Crippen LogP contribution in [0.15, 0.2) is 41.2 Å². The number of hydrogen-bond acceptors (Lipinski definition) is 10. The predicted octanol–water partition coefficient (Wildman–Crippen LogP) is 3.64. The van der Waals surface area contributed by atoms with E-state index in [0.29, 0.717) is 16.6 Å². The van der Waals surface area contributed by atoms with Crippen molar-refractivity contribution in [2.45, 2.75) is 25.2 Å². The molecule has 1 unspecified atom stereocenters. The van der Waals surface area contributed by atoms with Gasteiger partial charge < -0.3 is 35.3 Å². The van der Waals surface area contributed by atoms with Crippen molar-refractivity contribution >= 4 is 45.0 Å². The number of benzene rings is 3. The Labute approximate surface area is 236 Å². The Bertz CT molecular complexity index is 2070. The molecular weight excluding hydrogens is 546 g/mol. The highest BCUT2D eigenvalue weighted by molar-refractivity contribution is 6.57. The van der Waals surface area contributed by atoms with E-state index >= 15 is 0 Å². The third-order valence-corrected chi connectivity index (χ3v) is 8.08. The average molecular weight is 570 g/mol. The molecule has 4 aromatic rings. The number of methoxy groups -OCH3 is 1. The van der Waals surface area contributed by atoms with Crippen molar-refractivity contribution in [1.82, 2.24) is 4.98 Å². The fraction of sp³-hybridized carbons (Fsp3) is 0.161. The summed E-state index contributed by atoms with van der Waals surface area (Å²) in [6, 6.07) is 4.11. The van der Waals surface area contributed by atoms with Gasteiger partial charge in [-0.3, -0.25) is 19.2 Å². The van der Waals surface area contributed by atoms with Gasteiger partial charge in [-0.05, 0) is 42.9 Å². The van der Waals surface area contributed by atoms with E-state index in [0.717, 1.165) is 6.07 Å². The van der Waals surface area contributed by atoms with Gasteiger partial charge in [0.15, 0.2) is 17.3 Å². The summed E-state index contributed by atoms with van der Waals surface area (Å²) in [5.74, 6) is -8.10. The van der Waals surface area contributed by atoms with Crippen LogP contribution in [0.5, 0.6) is 34.5 Å². The maximum atomic E-state index is 14.3. The first-order valence-corrected chi connectivity index (χ1v) is 12.9. The number of aromatic hydroxyl groups is 5. The molecule has 0 fully saturated rings. The Hall–Kier alpha value is -5.58. The topological polar surface area (TPSA) is 194 Å². The molecule has 1 spiro atoms. The van der Waals surface area contributed by atoms with Crippen LogP contribution in [0, 0.1) is 0 Å². The number of fused-ring (bicyclic) bond motifs is 5. The van der Waals surface area contributed by atoms with Gasteiger partial charge >= 0.3 is 0 Å². The maximum absolute atomic E-state index is 14.3. The summed E-state index contributed by atoms with van der Waals surface area (Å²) in [4.78, 5) is 57.4. The number of aromatic nitrogens is 1. The van der Waals surface area contributed by atoms with Gasteiger partial charge in [-0.2, -0.15) is 0 Å². The molecule has 0 amide bonds. The highest BCUT2D eigenvalue weighted by Gasteiger charge is 2.60. The molecule has 6 rings (SSSR count). The molecule has 11 heteroatoms. The summed E-state index contributed by atoms with van der Waals surface area (Å²) in [6.07, 6.45) is 6.71. The van der Waals surface area contributed by atoms with Gasteiger partial charge in [-0.25, -0.2) is 0 Å². The van der Waals surface area contributed by atoms with Crippen molar-refractivity contribution < 1.29 is 44.7 Å². The zero-order chi connectivity index (χ0) is 30.2. The molecule has 11 nitrogen and oxygen atoms in total. The number of pyridine rings is 1. The lowest BCUT2D eigenvalue weighted by atomic mass is 9.64. The number of allylic oxidation sites excluding steroid dienone is 3. The average Bonchev–Trinajstić information content (AvgIpc) is 3.34. The summed E-state index contributed by atoms with van der Waals surface area (Å²) in [7, 11) is 1.17. The minimum Gasteiger partial charge on any atom is -0.507 e. The van der Waals surface area contributed by atoms with Gasteiger partial charge in [0, 0.05) is 17.3 Å². The van der Waals surface area contributed by atoms with Crippen molar-refractivity contribution in [1.29, 1.82) is 0 Å². The maximum Gasteiger partial charge on any atom is 0.260 e. The Balaban J connectivity index is 1.65. The second-order valence-electron chi connectivity index (χ2n) is 10.2. The summed E-state index contributed by atoms with van der Waals surface area (Å²) < 4.78 is 5.00. The number of phenols is 5. The zero-order valence-corrected chi connectivity index (χ0v) is 22.2. The molecule has 0 saturated carbocycles. The number of ether oxygens (including phenoxy) is 1. The van der Waals surface area contributed by atoms with Crippen molar-refractivity contribution in [3.05, 3.63) is 74.7 Å². The Kier molecular flexibility index (Phi) is 5.68. The molecule has 6 N–H and O–H groups in total. The van der Waals surface area contributed by atoms with Crippen LogP contribution in [0.1, 0.15) is 50.9 Å². The number of hydrogen-bond donors (Lipinski definition) is 6. The standard InChI is InChI=1S/C31H23NO10/c1-3-4-5-6-14-10-13-9-12-7-8-31(22(12)26(37)17(13)30(41)32-14)28(39)21-20(27(38)29(31)40)24(35)18-15(33)11-16(42-2)23(34)19(18)25(21)36/h3-6,9-11,33-37H,7-8H2,1-2H3,(H,32,41)/b4-3+,6-5+. The number of carbonyl (C=O) groups excluding carboxylic acids is 3. The number of aryl methyl sites for hydroxylation is 1. The third kappa shape index (κ3) is 3.21. The van der Waals surface area contributed by atoms with Crippen molar-refractivity contribution in [2.75, 3.05) is 7.11 Å². The molecule has 1 aromatic heterocycles. The third-order valence-electron chi connectivity index (χ3n) is 8.08. The number of phenolic OH excluding ortho intramolecular Hbond substituents is 5. The molecule has 0 saturated heterocycles. The van der Waals surface area contributed by atoms with Gasteiger partial charge in [0.25, 0.3) is 5.56 Å². The number of ketones is 3. The second-order valence-corrected chi connectivity index (χ2v) is 10.2. The lowest BCUT2D eigenvalue weighted by molar-refractivity contribution is -0.119. The first-order valence-electron chi connectivity index (χ1n) is 12.9. The quantitative estimate of drug-likeness (QED) is 0.0918. The lowest BCUT2D eigenvalue weighted by Crippen LogP contribution is -2.50. The fourth-order valence-electron chi connectivity index (χ4n) is 6.24. The monoisotopic (exact) mass is 569 g/mol. The molecule has 2 aliphatic rings. The van der Waals surface area contributed by atoms with Crippen LogP contribution in [-0.4, -0.2) is 55.0 Å². The number of Topliss-reactive ketones (excluding diaryl/α,β-unsaturated/α-hetero) is 3. The summed E-state index contributed by atoms with van der Waals surface area (Å²) in [5.41, 5.74) is -4.07. The van der Waals surface area contributed by atoms with Crippen LogP contribution in [0.25, 0.3) is 27.6 Å². The normalized spacial score (nSPS) is 18.2. The van der Waals surface area contributed by atoms with E-state index in [1.807, 2.05) is 6.92 Å². The van der Waals surface area contributed by atoms with Gasteiger partial charge in [0.05, 0.1) is 34.4 Å². The van der Waals surface area contributed by atoms with Gasteiger partial charge in [0.1, 0.15) is 28.4 Å². The van der Waals surface area contributed by atoms with Crippen LogP contribution < -0.4 is 10.3 Å². The predicted molar refractivity (Wildman–Crippen MR) is 151 cm³/mol. The molecule has 212 valence electrons. The van der Waals surface area contributed by atoms with Crippen LogP contribution in [0.4, 0.5) is 0 Å². The number of rotatable bonds is 3. The van der Waals surface area contributed by atoms with Crippen molar-refractivity contribution in [2.24, 2.45) is 0 Å². The summed E-state index contributed by atoms with van der Waals surface area (Å²) >= 11 is 0. The number of carbonyl (C=O) groups is 3. The number of H-pyrrole nitrogens is 1. The Morgan fingerprint density at radius 2 is 1.55 bits per heavy atom. The summed E-state index contributed by atoms with van der Waals surface area (Å²) in [6.45, 7) is 1.83. The van der Waals surface area contributed by atoms with E-state index < -0.39 is 79.0 Å². The summed E-state index contributed by atoms with van der Waals surface area (Å²) in [5, 5.41) is 53.9. The Morgan fingerprint density at radius 1 is 0.833 bits per heavy atom. The van der Waals surface area contributed by atoms with E-state index in [1.54, 1.807) is 36.4 Å². The van der Waals surface area contributed by atoms with Gasteiger partial charge in [0.2, 0.25) is 11.6 Å².